The van der Waals surface area contributed by atoms with Gasteiger partial charge in [0.1, 0.15) is 11.5 Å². The van der Waals surface area contributed by atoms with Crippen molar-refractivity contribution in [3.63, 3.8) is 0 Å². The molecule has 1 N–H and O–H groups in total. The molecule has 3 rings (SSSR count). The molecule has 5 nitrogen and oxygen atoms in total. The molecule has 0 aliphatic heterocycles. The largest absolute Gasteiger partial charge is 0.507 e. The van der Waals surface area contributed by atoms with Crippen molar-refractivity contribution < 1.29 is 14.6 Å². The van der Waals surface area contributed by atoms with Crippen LogP contribution < -0.4 is 10.3 Å². The minimum Gasteiger partial charge on any atom is -0.507 e. The molecule has 0 bridgehead atoms. The lowest BCUT2D eigenvalue weighted by molar-refractivity contribution is 0.103. The Bertz CT molecular complexity index is 1050. The summed E-state index contributed by atoms with van der Waals surface area (Å²) in [5.74, 6) is -0.0811. The van der Waals surface area contributed by atoms with Crippen LogP contribution in [-0.2, 0) is 0 Å². The number of aromatic nitrogens is 1. The van der Waals surface area contributed by atoms with E-state index in [0.29, 0.717) is 11.3 Å². The average molecular weight is 349 g/mol. The SMILES string of the molecule is COc1ccc(C(=O)c2ccc(=O)n(-c3cc(C)ccc3C)c2)c(O)c1. The fourth-order valence-corrected chi connectivity index (χ4v) is 2.77. The van der Waals surface area contributed by atoms with Gasteiger partial charge in [0.15, 0.2) is 5.78 Å². The second-order valence-electron chi connectivity index (χ2n) is 6.13. The third-order valence-corrected chi connectivity index (χ3v) is 4.25. The Morgan fingerprint density at radius 1 is 1.04 bits per heavy atom. The van der Waals surface area contributed by atoms with Crippen molar-refractivity contribution in [2.45, 2.75) is 13.8 Å². The molecule has 0 spiro atoms. The van der Waals surface area contributed by atoms with Gasteiger partial charge in [-0.3, -0.25) is 14.2 Å². The van der Waals surface area contributed by atoms with Gasteiger partial charge in [-0.15, -0.1) is 0 Å². The summed E-state index contributed by atoms with van der Waals surface area (Å²) in [6, 6.07) is 13.1. The zero-order chi connectivity index (χ0) is 18.8. The van der Waals surface area contributed by atoms with Gasteiger partial charge in [0.25, 0.3) is 5.56 Å². The molecule has 0 saturated heterocycles. The molecule has 0 radical (unpaired) electrons. The Balaban J connectivity index is 2.09. The van der Waals surface area contributed by atoms with Gasteiger partial charge in [0.05, 0.1) is 18.4 Å². The van der Waals surface area contributed by atoms with Crippen molar-refractivity contribution in [1.29, 1.82) is 0 Å². The number of ether oxygens (including phenoxy) is 1. The fraction of sp³-hybridized carbons (Fsp3) is 0.143. The normalized spacial score (nSPS) is 10.6. The van der Waals surface area contributed by atoms with Crippen molar-refractivity contribution >= 4 is 5.78 Å². The predicted molar refractivity (Wildman–Crippen MR) is 99.6 cm³/mol. The first-order valence-corrected chi connectivity index (χ1v) is 8.13. The number of aromatic hydroxyl groups is 1. The molecule has 0 fully saturated rings. The first kappa shape index (κ1) is 17.5. The van der Waals surface area contributed by atoms with E-state index < -0.39 is 0 Å². The lowest BCUT2D eigenvalue weighted by Crippen LogP contribution is -2.19. The van der Waals surface area contributed by atoms with Crippen molar-refractivity contribution in [1.82, 2.24) is 4.57 Å². The molecule has 0 aliphatic rings. The maximum absolute atomic E-state index is 12.8. The Morgan fingerprint density at radius 2 is 1.81 bits per heavy atom. The highest BCUT2D eigenvalue weighted by Crippen LogP contribution is 2.25. The highest BCUT2D eigenvalue weighted by Gasteiger charge is 2.16. The standard InChI is InChI=1S/C21H19NO4/c1-13-4-5-14(2)18(10-13)22-12-15(6-9-20(22)24)21(25)17-8-7-16(26-3)11-19(17)23/h4-12,23H,1-3H3. The van der Waals surface area contributed by atoms with Crippen LogP contribution in [0.2, 0.25) is 0 Å². The summed E-state index contributed by atoms with van der Waals surface area (Å²) < 4.78 is 6.49. The van der Waals surface area contributed by atoms with E-state index in [1.807, 2.05) is 32.0 Å². The highest BCUT2D eigenvalue weighted by molar-refractivity contribution is 6.10. The van der Waals surface area contributed by atoms with Crippen LogP contribution in [-0.4, -0.2) is 22.6 Å². The maximum atomic E-state index is 12.8. The van der Waals surface area contributed by atoms with E-state index in [4.69, 9.17) is 4.74 Å². The Hall–Kier alpha value is -3.34. The summed E-state index contributed by atoms with van der Waals surface area (Å²) in [6.07, 6.45) is 1.51. The Kier molecular flexibility index (Phi) is 4.63. The van der Waals surface area contributed by atoms with E-state index in [1.54, 1.807) is 6.07 Å². The summed E-state index contributed by atoms with van der Waals surface area (Å²) in [7, 11) is 1.48. The molecule has 1 heterocycles. The van der Waals surface area contributed by atoms with Crippen molar-refractivity contribution in [3.8, 4) is 17.2 Å². The van der Waals surface area contributed by atoms with E-state index in [0.717, 1.165) is 16.8 Å². The molecule has 132 valence electrons. The van der Waals surface area contributed by atoms with Gasteiger partial charge < -0.3 is 9.84 Å². The number of pyridine rings is 1. The van der Waals surface area contributed by atoms with E-state index in [1.165, 1.54) is 42.1 Å². The predicted octanol–water partition coefficient (Wildman–Crippen LogP) is 3.40. The number of methoxy groups -OCH3 is 1. The van der Waals surface area contributed by atoms with Crippen LogP contribution in [0.4, 0.5) is 0 Å². The van der Waals surface area contributed by atoms with Crippen LogP contribution in [0.25, 0.3) is 5.69 Å². The highest BCUT2D eigenvalue weighted by atomic mass is 16.5. The lowest BCUT2D eigenvalue weighted by Gasteiger charge is -2.12. The first-order chi connectivity index (χ1) is 12.4. The minimum atomic E-state index is -0.371. The van der Waals surface area contributed by atoms with Gasteiger partial charge in [-0.1, -0.05) is 12.1 Å². The quantitative estimate of drug-likeness (QED) is 0.733. The summed E-state index contributed by atoms with van der Waals surface area (Å²) in [5, 5.41) is 10.1. The minimum absolute atomic E-state index is 0.150. The van der Waals surface area contributed by atoms with E-state index in [-0.39, 0.29) is 22.7 Å². The van der Waals surface area contributed by atoms with Crippen LogP contribution in [0, 0.1) is 13.8 Å². The first-order valence-electron chi connectivity index (χ1n) is 8.13. The Labute approximate surface area is 151 Å². The molecule has 0 saturated carbocycles. The second-order valence-corrected chi connectivity index (χ2v) is 6.13. The molecular formula is C21H19NO4. The van der Waals surface area contributed by atoms with Crippen molar-refractivity contribution in [2.24, 2.45) is 0 Å². The van der Waals surface area contributed by atoms with Crippen LogP contribution in [0.3, 0.4) is 0 Å². The van der Waals surface area contributed by atoms with Crippen LogP contribution in [0.5, 0.6) is 11.5 Å². The Morgan fingerprint density at radius 3 is 2.50 bits per heavy atom. The number of benzene rings is 2. The van der Waals surface area contributed by atoms with Crippen molar-refractivity contribution in [2.75, 3.05) is 7.11 Å². The molecule has 0 amide bonds. The third-order valence-electron chi connectivity index (χ3n) is 4.25. The molecule has 2 aromatic carbocycles. The van der Waals surface area contributed by atoms with Gasteiger partial charge in [-0.05, 0) is 49.2 Å². The number of phenols is 1. The maximum Gasteiger partial charge on any atom is 0.255 e. The number of ketones is 1. The van der Waals surface area contributed by atoms with Gasteiger partial charge >= 0.3 is 0 Å². The molecule has 26 heavy (non-hydrogen) atoms. The lowest BCUT2D eigenvalue weighted by atomic mass is 10.0. The van der Waals surface area contributed by atoms with Gasteiger partial charge in [0, 0.05) is 23.9 Å². The van der Waals surface area contributed by atoms with E-state index in [2.05, 4.69) is 0 Å². The van der Waals surface area contributed by atoms with Crippen LogP contribution in [0.1, 0.15) is 27.0 Å². The van der Waals surface area contributed by atoms with Crippen LogP contribution >= 0.6 is 0 Å². The van der Waals surface area contributed by atoms with Gasteiger partial charge in [0.2, 0.25) is 0 Å². The fourth-order valence-electron chi connectivity index (χ4n) is 2.77. The molecule has 0 atom stereocenters. The van der Waals surface area contributed by atoms with Crippen molar-refractivity contribution in [3.05, 3.63) is 87.3 Å². The summed E-state index contributed by atoms with van der Waals surface area (Å²) in [4.78, 5) is 25.1. The average Bonchev–Trinajstić information content (AvgIpc) is 2.63. The van der Waals surface area contributed by atoms with E-state index in [9.17, 15) is 14.7 Å². The molecule has 0 aliphatic carbocycles. The van der Waals surface area contributed by atoms with Crippen LogP contribution in [0.15, 0.2) is 59.5 Å². The monoisotopic (exact) mass is 349 g/mol. The number of phenolic OH excluding ortho intramolecular Hbond substituents is 1. The zero-order valence-electron chi connectivity index (χ0n) is 14.8. The number of rotatable bonds is 4. The number of carbonyl (C=O) groups excluding carboxylic acids is 1. The third kappa shape index (κ3) is 3.24. The molecule has 3 aromatic rings. The smallest absolute Gasteiger partial charge is 0.255 e. The summed E-state index contributed by atoms with van der Waals surface area (Å²) >= 11 is 0. The van der Waals surface area contributed by atoms with E-state index >= 15 is 0 Å². The number of carbonyl (C=O) groups is 1. The van der Waals surface area contributed by atoms with Gasteiger partial charge in [-0.2, -0.15) is 0 Å². The molecular weight excluding hydrogens is 330 g/mol. The molecule has 1 aromatic heterocycles. The van der Waals surface area contributed by atoms with Gasteiger partial charge in [-0.25, -0.2) is 0 Å². The molecule has 5 heteroatoms. The zero-order valence-corrected chi connectivity index (χ0v) is 14.8. The second kappa shape index (κ2) is 6.88. The summed E-state index contributed by atoms with van der Waals surface area (Å²) in [6.45, 7) is 3.85. The number of hydrogen-bond donors (Lipinski definition) is 1. The summed E-state index contributed by atoms with van der Waals surface area (Å²) in [5.41, 5.74) is 2.90. The number of nitrogens with zero attached hydrogens (tertiary/aromatic N) is 1. The number of aryl methyl sites for hydroxylation is 2. The molecule has 0 unspecified atom stereocenters. The number of hydrogen-bond acceptors (Lipinski definition) is 4. The topological polar surface area (TPSA) is 68.5 Å².